The summed E-state index contributed by atoms with van der Waals surface area (Å²) in [6.07, 6.45) is -0.729. The highest BCUT2D eigenvalue weighted by Gasteiger charge is 2.18. The highest BCUT2D eigenvalue weighted by Crippen LogP contribution is 2.33. The van der Waals surface area contributed by atoms with Crippen LogP contribution in [0.25, 0.3) is 0 Å². The molecule has 0 aliphatic heterocycles. The molecule has 0 spiro atoms. The Morgan fingerprint density at radius 1 is 1.14 bits per heavy atom. The van der Waals surface area contributed by atoms with Crippen LogP contribution in [0.3, 0.4) is 0 Å². The van der Waals surface area contributed by atoms with E-state index in [1.165, 1.54) is 0 Å². The van der Waals surface area contributed by atoms with E-state index in [9.17, 15) is 5.11 Å². The van der Waals surface area contributed by atoms with E-state index in [1.54, 1.807) is 7.11 Å². The summed E-state index contributed by atoms with van der Waals surface area (Å²) in [5.74, 6) is 0.679. The molecule has 1 N–H and O–H groups in total. The van der Waals surface area contributed by atoms with E-state index in [0.29, 0.717) is 19.0 Å². The van der Waals surface area contributed by atoms with Crippen molar-refractivity contribution in [1.82, 2.24) is 0 Å². The molecule has 2 aromatic carbocycles. The second kappa shape index (κ2) is 8.12. The Morgan fingerprint density at radius 2 is 1.90 bits per heavy atom. The quantitative estimate of drug-likeness (QED) is 0.517. The predicted octanol–water partition coefficient (Wildman–Crippen LogP) is 4.16. The maximum Gasteiger partial charge on any atom is 0.125 e. The zero-order valence-electron chi connectivity index (χ0n) is 11.6. The molecule has 1 atom stereocenters. The van der Waals surface area contributed by atoms with Crippen molar-refractivity contribution in [3.8, 4) is 5.75 Å². The number of halogens is 2. The van der Waals surface area contributed by atoms with Gasteiger partial charge in [-0.2, -0.15) is 0 Å². The standard InChI is InChI=1S/C16H16BrIO3/c1-20-8-9-21-15-5-3-2-4-12(15)16(19)13-10-11(17)6-7-14(13)18/h2-7,10,16,19H,8-9H2,1H3. The summed E-state index contributed by atoms with van der Waals surface area (Å²) in [6.45, 7) is 0.967. The van der Waals surface area contributed by atoms with E-state index in [-0.39, 0.29) is 0 Å². The van der Waals surface area contributed by atoms with E-state index in [4.69, 9.17) is 9.47 Å². The Hall–Kier alpha value is -0.630. The smallest absolute Gasteiger partial charge is 0.125 e. The molecule has 0 amide bonds. The van der Waals surface area contributed by atoms with Crippen LogP contribution < -0.4 is 4.74 Å². The molecule has 0 aliphatic carbocycles. The molecule has 2 rings (SSSR count). The normalized spacial score (nSPS) is 12.2. The number of benzene rings is 2. The highest BCUT2D eigenvalue weighted by atomic mass is 127. The number of methoxy groups -OCH3 is 1. The summed E-state index contributed by atoms with van der Waals surface area (Å²) < 4.78 is 12.6. The second-order valence-corrected chi connectivity index (χ2v) is 6.53. The first-order valence-corrected chi connectivity index (χ1v) is 8.34. The van der Waals surface area contributed by atoms with Crippen molar-refractivity contribution in [3.05, 3.63) is 61.6 Å². The van der Waals surface area contributed by atoms with Gasteiger partial charge in [0.2, 0.25) is 0 Å². The Bertz CT molecular complexity index is 604. The van der Waals surface area contributed by atoms with Crippen LogP contribution in [0.15, 0.2) is 46.9 Å². The molecule has 2 aromatic rings. The summed E-state index contributed by atoms with van der Waals surface area (Å²) in [7, 11) is 1.63. The van der Waals surface area contributed by atoms with Gasteiger partial charge >= 0.3 is 0 Å². The van der Waals surface area contributed by atoms with Gasteiger partial charge in [0, 0.05) is 20.7 Å². The van der Waals surface area contributed by atoms with Crippen molar-refractivity contribution >= 4 is 38.5 Å². The third-order valence-electron chi connectivity index (χ3n) is 3.01. The Kier molecular flexibility index (Phi) is 6.47. The summed E-state index contributed by atoms with van der Waals surface area (Å²) in [6, 6.07) is 13.4. The van der Waals surface area contributed by atoms with E-state index in [2.05, 4.69) is 38.5 Å². The van der Waals surface area contributed by atoms with Crippen LogP contribution in [0.1, 0.15) is 17.2 Å². The fraction of sp³-hybridized carbons (Fsp3) is 0.250. The number of hydrogen-bond acceptors (Lipinski definition) is 3. The Balaban J connectivity index is 2.30. The lowest BCUT2D eigenvalue weighted by atomic mass is 10.0. The van der Waals surface area contributed by atoms with Crippen molar-refractivity contribution in [2.45, 2.75) is 6.10 Å². The first kappa shape index (κ1) is 16.7. The van der Waals surface area contributed by atoms with Crippen LogP contribution in [0, 0.1) is 3.57 Å². The van der Waals surface area contributed by atoms with Crippen LogP contribution in [-0.4, -0.2) is 25.4 Å². The fourth-order valence-electron chi connectivity index (χ4n) is 1.96. The van der Waals surface area contributed by atoms with Gasteiger partial charge < -0.3 is 14.6 Å². The van der Waals surface area contributed by atoms with Gasteiger partial charge in [-0.25, -0.2) is 0 Å². The fourth-order valence-corrected chi connectivity index (χ4v) is 2.97. The number of ether oxygens (including phenoxy) is 2. The van der Waals surface area contributed by atoms with Gasteiger partial charge in [-0.1, -0.05) is 34.1 Å². The first-order valence-electron chi connectivity index (χ1n) is 6.47. The number of rotatable bonds is 6. The number of para-hydroxylation sites is 1. The minimum absolute atomic E-state index is 0.454. The van der Waals surface area contributed by atoms with E-state index in [0.717, 1.165) is 19.2 Å². The Morgan fingerprint density at radius 3 is 2.67 bits per heavy atom. The molecule has 5 heteroatoms. The molecule has 0 radical (unpaired) electrons. The maximum absolute atomic E-state index is 10.7. The zero-order valence-corrected chi connectivity index (χ0v) is 15.3. The molecule has 0 bridgehead atoms. The summed E-state index contributed by atoms with van der Waals surface area (Å²) in [5.41, 5.74) is 1.61. The lowest BCUT2D eigenvalue weighted by molar-refractivity contribution is 0.142. The average Bonchev–Trinajstić information content (AvgIpc) is 2.50. The maximum atomic E-state index is 10.7. The third kappa shape index (κ3) is 4.42. The molecule has 0 saturated heterocycles. The second-order valence-electron chi connectivity index (χ2n) is 4.45. The molecule has 0 fully saturated rings. The highest BCUT2D eigenvalue weighted by molar-refractivity contribution is 14.1. The monoisotopic (exact) mass is 462 g/mol. The van der Waals surface area contributed by atoms with Crippen LogP contribution in [-0.2, 0) is 4.74 Å². The molecular weight excluding hydrogens is 447 g/mol. The number of hydrogen-bond donors (Lipinski definition) is 1. The molecule has 0 saturated carbocycles. The molecule has 21 heavy (non-hydrogen) atoms. The van der Waals surface area contributed by atoms with Gasteiger partial charge in [-0.15, -0.1) is 0 Å². The number of aliphatic hydroxyl groups excluding tert-OH is 1. The first-order chi connectivity index (χ1) is 10.1. The summed E-state index contributed by atoms with van der Waals surface area (Å²) in [4.78, 5) is 0. The van der Waals surface area contributed by atoms with Gasteiger partial charge in [0.05, 0.1) is 6.61 Å². The van der Waals surface area contributed by atoms with Crippen molar-refractivity contribution in [2.75, 3.05) is 20.3 Å². The summed E-state index contributed by atoms with van der Waals surface area (Å²) >= 11 is 5.67. The topological polar surface area (TPSA) is 38.7 Å². The largest absolute Gasteiger partial charge is 0.491 e. The lowest BCUT2D eigenvalue weighted by Gasteiger charge is -2.18. The molecule has 0 aliphatic rings. The minimum atomic E-state index is -0.729. The van der Waals surface area contributed by atoms with Gasteiger partial charge in [0.25, 0.3) is 0 Å². The molecule has 3 nitrogen and oxygen atoms in total. The predicted molar refractivity (Wildman–Crippen MR) is 94.7 cm³/mol. The van der Waals surface area contributed by atoms with Crippen LogP contribution in [0.5, 0.6) is 5.75 Å². The molecule has 112 valence electrons. The van der Waals surface area contributed by atoms with Gasteiger partial charge in [-0.05, 0) is 52.4 Å². The van der Waals surface area contributed by atoms with E-state index in [1.807, 2.05) is 42.5 Å². The lowest BCUT2D eigenvalue weighted by Crippen LogP contribution is -2.09. The van der Waals surface area contributed by atoms with Crippen LogP contribution in [0.2, 0.25) is 0 Å². The summed E-state index contributed by atoms with van der Waals surface area (Å²) in [5, 5.41) is 10.7. The SMILES string of the molecule is COCCOc1ccccc1C(O)c1cc(Br)ccc1I. The third-order valence-corrected chi connectivity index (χ3v) is 4.49. The van der Waals surface area contributed by atoms with Crippen molar-refractivity contribution in [2.24, 2.45) is 0 Å². The molecule has 1 unspecified atom stereocenters. The molecular formula is C16H16BrIO3. The number of aliphatic hydroxyl groups is 1. The average molecular weight is 463 g/mol. The van der Waals surface area contributed by atoms with Gasteiger partial charge in [0.15, 0.2) is 0 Å². The van der Waals surface area contributed by atoms with Gasteiger partial charge in [-0.3, -0.25) is 0 Å². The zero-order chi connectivity index (χ0) is 15.2. The van der Waals surface area contributed by atoms with Gasteiger partial charge in [0.1, 0.15) is 18.5 Å². The minimum Gasteiger partial charge on any atom is -0.491 e. The van der Waals surface area contributed by atoms with Crippen LogP contribution in [0.4, 0.5) is 0 Å². The molecule has 0 aromatic heterocycles. The van der Waals surface area contributed by atoms with E-state index < -0.39 is 6.10 Å². The van der Waals surface area contributed by atoms with Crippen molar-refractivity contribution in [1.29, 1.82) is 0 Å². The van der Waals surface area contributed by atoms with Crippen molar-refractivity contribution in [3.63, 3.8) is 0 Å². The van der Waals surface area contributed by atoms with Crippen molar-refractivity contribution < 1.29 is 14.6 Å². The van der Waals surface area contributed by atoms with E-state index >= 15 is 0 Å². The Labute approximate surface area is 146 Å². The van der Waals surface area contributed by atoms with Crippen LogP contribution >= 0.6 is 38.5 Å². The molecule has 0 heterocycles.